The number of nitrogens with zero attached hydrogens (tertiary/aromatic N) is 2. The van der Waals surface area contributed by atoms with E-state index in [9.17, 15) is 9.59 Å². The van der Waals surface area contributed by atoms with E-state index in [0.29, 0.717) is 18.8 Å². The first-order valence-electron chi connectivity index (χ1n) is 7.05. The Morgan fingerprint density at radius 3 is 2.18 bits per heavy atom. The summed E-state index contributed by atoms with van der Waals surface area (Å²) in [4.78, 5) is 27.0. The minimum atomic E-state index is -0.996. The Labute approximate surface area is 128 Å². The number of hydrogen-bond acceptors (Lipinski definition) is 2. The maximum Gasteiger partial charge on any atom is 0.335 e. The lowest BCUT2D eigenvalue weighted by molar-refractivity contribution is 0.0697. The predicted molar refractivity (Wildman–Crippen MR) is 84.7 cm³/mol. The molecule has 5 nitrogen and oxygen atoms in total. The van der Waals surface area contributed by atoms with Gasteiger partial charge < -0.3 is 5.11 Å². The molecule has 1 heterocycles. The Morgan fingerprint density at radius 2 is 1.59 bits per heavy atom. The first kappa shape index (κ1) is 14.1. The Bertz CT molecular complexity index is 742. The van der Waals surface area contributed by atoms with Gasteiger partial charge in [-0.15, -0.1) is 0 Å². The van der Waals surface area contributed by atoms with E-state index in [1.54, 1.807) is 21.9 Å². The molecule has 0 unspecified atom stereocenters. The number of carboxylic acids is 1. The summed E-state index contributed by atoms with van der Waals surface area (Å²) >= 11 is 0. The van der Waals surface area contributed by atoms with Gasteiger partial charge in [0.05, 0.1) is 5.56 Å². The summed E-state index contributed by atoms with van der Waals surface area (Å²) in [7, 11) is 0. The first-order chi connectivity index (χ1) is 10.6. The van der Waals surface area contributed by atoms with E-state index in [1.807, 2.05) is 31.2 Å². The number of aryl methyl sites for hydroxylation is 1. The van der Waals surface area contributed by atoms with Crippen molar-refractivity contribution < 1.29 is 14.7 Å². The average molecular weight is 296 g/mol. The summed E-state index contributed by atoms with van der Waals surface area (Å²) in [6.07, 6.45) is 0. The van der Waals surface area contributed by atoms with Gasteiger partial charge >= 0.3 is 12.0 Å². The van der Waals surface area contributed by atoms with Crippen molar-refractivity contribution in [1.82, 2.24) is 0 Å². The third kappa shape index (κ3) is 2.53. The van der Waals surface area contributed by atoms with Gasteiger partial charge in [-0.2, -0.15) is 0 Å². The molecule has 1 fully saturated rings. The molecule has 1 aliphatic heterocycles. The van der Waals surface area contributed by atoms with Crippen LogP contribution in [0.2, 0.25) is 0 Å². The lowest BCUT2D eigenvalue weighted by Crippen LogP contribution is -2.31. The second-order valence-electron chi connectivity index (χ2n) is 5.28. The van der Waals surface area contributed by atoms with E-state index >= 15 is 0 Å². The normalized spacial score (nSPS) is 14.5. The molecule has 22 heavy (non-hydrogen) atoms. The van der Waals surface area contributed by atoms with Gasteiger partial charge in [-0.1, -0.05) is 18.2 Å². The van der Waals surface area contributed by atoms with Gasteiger partial charge in [0.1, 0.15) is 0 Å². The summed E-state index contributed by atoms with van der Waals surface area (Å²) in [5.74, 6) is -0.996. The topological polar surface area (TPSA) is 60.9 Å². The maximum absolute atomic E-state index is 12.6. The van der Waals surface area contributed by atoms with E-state index in [0.717, 1.165) is 11.3 Å². The van der Waals surface area contributed by atoms with E-state index in [1.165, 1.54) is 12.1 Å². The monoisotopic (exact) mass is 296 g/mol. The summed E-state index contributed by atoms with van der Waals surface area (Å²) in [6.45, 7) is 3.10. The molecule has 1 aliphatic rings. The Kier molecular flexibility index (Phi) is 3.55. The number of amides is 2. The van der Waals surface area contributed by atoms with Crippen LogP contribution in [0.5, 0.6) is 0 Å². The fourth-order valence-corrected chi connectivity index (χ4v) is 2.62. The summed E-state index contributed by atoms with van der Waals surface area (Å²) < 4.78 is 0. The number of carbonyl (C=O) groups excluding carboxylic acids is 1. The third-order valence-corrected chi connectivity index (χ3v) is 3.73. The number of urea groups is 1. The average Bonchev–Trinajstić information content (AvgIpc) is 2.89. The molecule has 3 rings (SSSR count). The van der Waals surface area contributed by atoms with Gasteiger partial charge in [0.2, 0.25) is 0 Å². The molecule has 1 N–H and O–H groups in total. The van der Waals surface area contributed by atoms with Crippen molar-refractivity contribution in [3.63, 3.8) is 0 Å². The molecule has 0 spiro atoms. The number of carbonyl (C=O) groups is 2. The third-order valence-electron chi connectivity index (χ3n) is 3.73. The molecule has 0 atom stereocenters. The van der Waals surface area contributed by atoms with Crippen LogP contribution in [-0.2, 0) is 0 Å². The van der Waals surface area contributed by atoms with E-state index in [4.69, 9.17) is 5.11 Å². The minimum absolute atomic E-state index is 0.131. The Balaban J connectivity index is 1.88. The standard InChI is InChI=1S/C17H16N2O3/c1-12-4-2-6-14(10-12)18-8-9-19(17(18)22)15-7-3-5-13(11-15)16(20)21/h2-7,10-11H,8-9H2,1H3,(H,20,21). The summed E-state index contributed by atoms with van der Waals surface area (Å²) in [6, 6.07) is 14.1. The number of benzene rings is 2. The largest absolute Gasteiger partial charge is 0.478 e. The molecule has 2 aromatic carbocycles. The van der Waals surface area contributed by atoms with E-state index < -0.39 is 5.97 Å². The van der Waals surface area contributed by atoms with E-state index in [-0.39, 0.29) is 11.6 Å². The molecule has 0 saturated carbocycles. The molecule has 0 bridgehead atoms. The van der Waals surface area contributed by atoms with Gasteiger partial charge in [-0.25, -0.2) is 9.59 Å². The Morgan fingerprint density at radius 1 is 1.00 bits per heavy atom. The van der Waals surface area contributed by atoms with Crippen LogP contribution in [0.25, 0.3) is 0 Å². The molecular weight excluding hydrogens is 280 g/mol. The van der Waals surface area contributed by atoms with Crippen LogP contribution in [0.4, 0.5) is 16.2 Å². The van der Waals surface area contributed by atoms with Gasteiger partial charge in [0, 0.05) is 24.5 Å². The lowest BCUT2D eigenvalue weighted by Gasteiger charge is -2.19. The van der Waals surface area contributed by atoms with Gasteiger partial charge in [-0.3, -0.25) is 9.80 Å². The van der Waals surface area contributed by atoms with Gasteiger partial charge in [0.15, 0.2) is 0 Å². The number of anilines is 2. The fourth-order valence-electron chi connectivity index (χ4n) is 2.62. The molecule has 112 valence electrons. The Hall–Kier alpha value is -2.82. The maximum atomic E-state index is 12.6. The van der Waals surface area contributed by atoms with Crippen molar-refractivity contribution in [3.8, 4) is 0 Å². The van der Waals surface area contributed by atoms with Crippen LogP contribution in [0.15, 0.2) is 48.5 Å². The molecule has 5 heteroatoms. The molecular formula is C17H16N2O3. The van der Waals surface area contributed by atoms with Crippen LogP contribution < -0.4 is 9.80 Å². The van der Waals surface area contributed by atoms with Crippen LogP contribution in [-0.4, -0.2) is 30.2 Å². The quantitative estimate of drug-likeness (QED) is 0.946. The van der Waals surface area contributed by atoms with Crippen LogP contribution in [0.1, 0.15) is 15.9 Å². The molecule has 0 aliphatic carbocycles. The van der Waals surface area contributed by atoms with Crippen molar-refractivity contribution in [1.29, 1.82) is 0 Å². The minimum Gasteiger partial charge on any atom is -0.478 e. The van der Waals surface area contributed by atoms with Gasteiger partial charge in [-0.05, 0) is 42.8 Å². The highest BCUT2D eigenvalue weighted by atomic mass is 16.4. The first-order valence-corrected chi connectivity index (χ1v) is 7.05. The number of aromatic carboxylic acids is 1. The van der Waals surface area contributed by atoms with Crippen LogP contribution in [0, 0.1) is 6.92 Å². The number of carboxylic acid groups (broad SMARTS) is 1. The lowest BCUT2D eigenvalue weighted by atomic mass is 10.2. The zero-order chi connectivity index (χ0) is 15.7. The number of rotatable bonds is 3. The second kappa shape index (κ2) is 5.52. The zero-order valence-corrected chi connectivity index (χ0v) is 12.2. The molecule has 2 amide bonds. The molecule has 0 radical (unpaired) electrons. The van der Waals surface area contributed by atoms with Crippen molar-refractivity contribution in [2.24, 2.45) is 0 Å². The SMILES string of the molecule is Cc1cccc(N2CCN(c3cccc(C(=O)O)c3)C2=O)c1. The highest BCUT2D eigenvalue weighted by Gasteiger charge is 2.30. The van der Waals surface area contributed by atoms with E-state index in [2.05, 4.69) is 0 Å². The van der Waals surface area contributed by atoms with Crippen molar-refractivity contribution >= 4 is 23.4 Å². The second-order valence-corrected chi connectivity index (χ2v) is 5.28. The highest BCUT2D eigenvalue weighted by Crippen LogP contribution is 2.26. The molecule has 2 aromatic rings. The van der Waals surface area contributed by atoms with Crippen molar-refractivity contribution in [2.45, 2.75) is 6.92 Å². The molecule has 0 aromatic heterocycles. The van der Waals surface area contributed by atoms with Crippen LogP contribution in [0.3, 0.4) is 0 Å². The smallest absolute Gasteiger partial charge is 0.335 e. The fraction of sp³-hybridized carbons (Fsp3) is 0.176. The zero-order valence-electron chi connectivity index (χ0n) is 12.2. The van der Waals surface area contributed by atoms with Crippen molar-refractivity contribution in [3.05, 3.63) is 59.7 Å². The molecule has 1 saturated heterocycles. The van der Waals surface area contributed by atoms with Crippen molar-refractivity contribution in [2.75, 3.05) is 22.9 Å². The number of hydrogen-bond donors (Lipinski definition) is 1. The van der Waals surface area contributed by atoms with Crippen LogP contribution >= 0.6 is 0 Å². The summed E-state index contributed by atoms with van der Waals surface area (Å²) in [5, 5.41) is 9.06. The summed E-state index contributed by atoms with van der Waals surface area (Å²) in [5.41, 5.74) is 2.75. The van der Waals surface area contributed by atoms with Gasteiger partial charge in [0.25, 0.3) is 0 Å². The predicted octanol–water partition coefficient (Wildman–Crippen LogP) is 3.14. The highest BCUT2D eigenvalue weighted by molar-refractivity contribution is 6.06.